The lowest BCUT2D eigenvalue weighted by Gasteiger charge is -2.29. The van der Waals surface area contributed by atoms with Crippen molar-refractivity contribution in [2.24, 2.45) is 0 Å². The Balaban J connectivity index is 1.88. The zero-order chi connectivity index (χ0) is 14.3. The topological polar surface area (TPSA) is 66.5 Å². The molecule has 0 aromatic heterocycles. The molecule has 2 heterocycles. The number of carbonyl (C=O) groups is 3. The van der Waals surface area contributed by atoms with Gasteiger partial charge in [-0.05, 0) is 29.7 Å². The number of benzene rings is 1. The van der Waals surface area contributed by atoms with E-state index in [0.29, 0.717) is 18.5 Å². The first-order valence-corrected chi connectivity index (χ1v) is 6.50. The molecule has 5 nitrogen and oxygen atoms in total. The second kappa shape index (κ2) is 4.59. The lowest BCUT2D eigenvalue weighted by molar-refractivity contribution is -0.136. The van der Waals surface area contributed by atoms with Gasteiger partial charge in [0, 0.05) is 18.5 Å². The number of rotatable bonds is 2. The highest BCUT2D eigenvalue weighted by Crippen LogP contribution is 2.28. The molecule has 3 rings (SSSR count). The summed E-state index contributed by atoms with van der Waals surface area (Å²) in [7, 11) is 0. The van der Waals surface area contributed by atoms with Crippen LogP contribution in [0.2, 0.25) is 0 Å². The van der Waals surface area contributed by atoms with Crippen molar-refractivity contribution in [3.63, 3.8) is 0 Å². The van der Waals surface area contributed by atoms with Crippen LogP contribution < -0.4 is 5.32 Å². The molecule has 1 saturated heterocycles. The minimum Gasteiger partial charge on any atom is -0.322 e. The lowest BCUT2D eigenvalue weighted by atomic mass is 10.0. The van der Waals surface area contributed by atoms with E-state index in [1.807, 2.05) is 12.1 Å². The lowest BCUT2D eigenvalue weighted by Crippen LogP contribution is -2.52. The Morgan fingerprint density at radius 3 is 2.80 bits per heavy atom. The van der Waals surface area contributed by atoms with Gasteiger partial charge in [0.25, 0.3) is 5.91 Å². The smallest absolute Gasteiger partial charge is 0.255 e. The third-order valence-corrected chi connectivity index (χ3v) is 3.78. The molecule has 0 spiro atoms. The van der Waals surface area contributed by atoms with Crippen molar-refractivity contribution in [1.29, 1.82) is 0 Å². The maximum Gasteiger partial charge on any atom is 0.255 e. The summed E-state index contributed by atoms with van der Waals surface area (Å²) >= 11 is 0. The molecule has 2 aliphatic rings. The molecule has 1 aromatic carbocycles. The summed E-state index contributed by atoms with van der Waals surface area (Å²) in [5.74, 6) is -0.805. The molecule has 3 amide bonds. The fraction of sp³-hybridized carbons (Fsp3) is 0.267. The van der Waals surface area contributed by atoms with E-state index in [1.54, 1.807) is 17.0 Å². The number of imide groups is 1. The minimum atomic E-state index is -0.556. The highest BCUT2D eigenvalue weighted by atomic mass is 16.2. The second-order valence-corrected chi connectivity index (χ2v) is 5.02. The molecule has 2 aliphatic heterocycles. The van der Waals surface area contributed by atoms with E-state index < -0.39 is 6.04 Å². The van der Waals surface area contributed by atoms with Crippen LogP contribution in [-0.4, -0.2) is 28.7 Å². The van der Waals surface area contributed by atoms with Crippen LogP contribution in [0.3, 0.4) is 0 Å². The summed E-state index contributed by atoms with van der Waals surface area (Å²) in [5, 5.41) is 2.29. The molecule has 1 N–H and O–H groups in total. The maximum absolute atomic E-state index is 12.4. The van der Waals surface area contributed by atoms with Crippen LogP contribution in [0.15, 0.2) is 24.8 Å². The van der Waals surface area contributed by atoms with Crippen LogP contribution in [0.25, 0.3) is 6.08 Å². The monoisotopic (exact) mass is 270 g/mol. The first-order chi connectivity index (χ1) is 9.60. The highest BCUT2D eigenvalue weighted by Gasteiger charge is 2.38. The quantitative estimate of drug-likeness (QED) is 0.818. The molecule has 1 atom stereocenters. The SMILES string of the molecule is C=Cc1ccc2c(c1)CN(C1CCC(=O)NC1=O)C2=O. The van der Waals surface area contributed by atoms with Crippen molar-refractivity contribution < 1.29 is 14.4 Å². The fourth-order valence-electron chi connectivity index (χ4n) is 2.72. The predicted molar refractivity (Wildman–Crippen MR) is 72.6 cm³/mol. The summed E-state index contributed by atoms with van der Waals surface area (Å²) in [6, 6.07) is 4.95. The number of hydrogen-bond acceptors (Lipinski definition) is 3. The molecule has 1 aromatic rings. The summed E-state index contributed by atoms with van der Waals surface area (Å²) in [4.78, 5) is 36.9. The van der Waals surface area contributed by atoms with Crippen molar-refractivity contribution in [2.75, 3.05) is 0 Å². The van der Waals surface area contributed by atoms with Crippen LogP contribution >= 0.6 is 0 Å². The average Bonchev–Trinajstić information content (AvgIpc) is 2.75. The van der Waals surface area contributed by atoms with Gasteiger partial charge < -0.3 is 4.90 Å². The van der Waals surface area contributed by atoms with Gasteiger partial charge in [-0.25, -0.2) is 0 Å². The second-order valence-electron chi connectivity index (χ2n) is 5.02. The van der Waals surface area contributed by atoms with Gasteiger partial charge in [0.2, 0.25) is 11.8 Å². The Hall–Kier alpha value is -2.43. The van der Waals surface area contributed by atoms with Gasteiger partial charge in [0.1, 0.15) is 6.04 Å². The van der Waals surface area contributed by atoms with Crippen molar-refractivity contribution in [1.82, 2.24) is 10.2 Å². The van der Waals surface area contributed by atoms with Crippen molar-refractivity contribution in [2.45, 2.75) is 25.4 Å². The van der Waals surface area contributed by atoms with E-state index in [-0.39, 0.29) is 24.1 Å². The Morgan fingerprint density at radius 2 is 2.10 bits per heavy atom. The zero-order valence-electron chi connectivity index (χ0n) is 10.9. The van der Waals surface area contributed by atoms with E-state index in [1.165, 1.54) is 0 Å². The van der Waals surface area contributed by atoms with E-state index in [2.05, 4.69) is 11.9 Å². The Labute approximate surface area is 116 Å². The Bertz CT molecular complexity index is 636. The van der Waals surface area contributed by atoms with E-state index in [9.17, 15) is 14.4 Å². The molecular weight excluding hydrogens is 256 g/mol. The minimum absolute atomic E-state index is 0.148. The van der Waals surface area contributed by atoms with E-state index in [0.717, 1.165) is 11.1 Å². The van der Waals surface area contributed by atoms with Crippen molar-refractivity contribution in [3.05, 3.63) is 41.5 Å². The largest absolute Gasteiger partial charge is 0.322 e. The first kappa shape index (κ1) is 12.6. The van der Waals surface area contributed by atoms with Crippen LogP contribution in [0.4, 0.5) is 0 Å². The van der Waals surface area contributed by atoms with Gasteiger partial charge in [-0.1, -0.05) is 18.7 Å². The molecular formula is C15H14N2O3. The fourth-order valence-corrected chi connectivity index (χ4v) is 2.72. The van der Waals surface area contributed by atoms with Crippen LogP contribution in [0.5, 0.6) is 0 Å². The number of nitrogens with one attached hydrogen (secondary N) is 1. The van der Waals surface area contributed by atoms with Gasteiger partial charge >= 0.3 is 0 Å². The highest BCUT2D eigenvalue weighted by molar-refractivity contribution is 6.05. The molecule has 0 saturated carbocycles. The molecule has 0 radical (unpaired) electrons. The van der Waals surface area contributed by atoms with Crippen LogP contribution in [0, 0.1) is 0 Å². The van der Waals surface area contributed by atoms with Crippen LogP contribution in [-0.2, 0) is 16.1 Å². The number of hydrogen-bond donors (Lipinski definition) is 1. The molecule has 102 valence electrons. The predicted octanol–water partition coefficient (Wildman–Crippen LogP) is 1.09. The van der Waals surface area contributed by atoms with Gasteiger partial charge in [0.15, 0.2) is 0 Å². The number of nitrogens with zero attached hydrogens (tertiary/aromatic N) is 1. The van der Waals surface area contributed by atoms with Crippen molar-refractivity contribution >= 4 is 23.8 Å². The first-order valence-electron chi connectivity index (χ1n) is 6.50. The van der Waals surface area contributed by atoms with E-state index in [4.69, 9.17) is 0 Å². The third-order valence-electron chi connectivity index (χ3n) is 3.78. The summed E-state index contributed by atoms with van der Waals surface area (Å²) in [6.45, 7) is 4.11. The number of carbonyl (C=O) groups excluding carboxylic acids is 3. The third kappa shape index (κ3) is 1.91. The normalized spacial score (nSPS) is 21.7. The van der Waals surface area contributed by atoms with Gasteiger partial charge in [0.05, 0.1) is 0 Å². The molecule has 1 unspecified atom stereocenters. The van der Waals surface area contributed by atoms with Gasteiger partial charge in [-0.3, -0.25) is 19.7 Å². The summed E-state index contributed by atoms with van der Waals surface area (Å²) in [5.41, 5.74) is 2.47. The maximum atomic E-state index is 12.4. The van der Waals surface area contributed by atoms with Crippen LogP contribution in [0.1, 0.15) is 34.3 Å². The standard InChI is InChI=1S/C15H14N2O3/c1-2-9-3-4-11-10(7-9)8-17(15(11)20)12-5-6-13(18)16-14(12)19/h2-4,7,12H,1,5-6,8H2,(H,16,18,19). The number of fused-ring (bicyclic) bond motifs is 1. The Kier molecular flexibility index (Phi) is 2.89. The number of amides is 3. The zero-order valence-corrected chi connectivity index (χ0v) is 10.9. The van der Waals surface area contributed by atoms with Crippen molar-refractivity contribution in [3.8, 4) is 0 Å². The average molecular weight is 270 g/mol. The molecule has 5 heteroatoms. The van der Waals surface area contributed by atoms with E-state index >= 15 is 0 Å². The molecule has 0 aliphatic carbocycles. The summed E-state index contributed by atoms with van der Waals surface area (Å²) in [6.07, 6.45) is 2.38. The van der Waals surface area contributed by atoms with Gasteiger partial charge in [-0.15, -0.1) is 0 Å². The molecule has 1 fully saturated rings. The molecule has 0 bridgehead atoms. The summed E-state index contributed by atoms with van der Waals surface area (Å²) < 4.78 is 0. The number of piperidine rings is 1. The Morgan fingerprint density at radius 1 is 1.30 bits per heavy atom. The van der Waals surface area contributed by atoms with Gasteiger partial charge in [-0.2, -0.15) is 0 Å². The molecule has 20 heavy (non-hydrogen) atoms.